The van der Waals surface area contributed by atoms with E-state index in [-0.39, 0.29) is 22.7 Å². The van der Waals surface area contributed by atoms with Gasteiger partial charge in [0, 0.05) is 24.7 Å². The Morgan fingerprint density at radius 2 is 1.68 bits per heavy atom. The maximum Gasteiger partial charge on any atom is 0.404 e. The number of carboxylic acid groups (broad SMARTS) is 1. The number of fused-ring (bicyclic) bond motifs is 1. The lowest BCUT2D eigenvalue weighted by Crippen LogP contribution is -2.50. The molecule has 1 aliphatic carbocycles. The van der Waals surface area contributed by atoms with Gasteiger partial charge in [0.15, 0.2) is 8.32 Å². The van der Waals surface area contributed by atoms with Crippen molar-refractivity contribution in [2.24, 2.45) is 5.92 Å². The van der Waals surface area contributed by atoms with E-state index < -0.39 is 66.3 Å². The average Bonchev–Trinajstić information content (AvgIpc) is 3.34. The first-order valence-corrected chi connectivity index (χ1v) is 18.6. The number of amides is 2. The molecule has 13 heteroatoms. The molecule has 2 amide bonds. The minimum atomic E-state index is -2.20. The molecular weight excluding hydrogens is 632 g/mol. The van der Waals surface area contributed by atoms with E-state index in [1.165, 1.54) is 6.20 Å². The van der Waals surface area contributed by atoms with Gasteiger partial charge < -0.3 is 25.1 Å². The minimum Gasteiger partial charge on any atom is -0.465 e. The highest BCUT2D eigenvalue weighted by Gasteiger charge is 2.42. The lowest BCUT2D eigenvalue weighted by atomic mass is 9.94. The fourth-order valence-electron chi connectivity index (χ4n) is 6.29. The maximum absolute atomic E-state index is 15.8. The van der Waals surface area contributed by atoms with Crippen molar-refractivity contribution in [3.63, 3.8) is 0 Å². The molecule has 0 radical (unpaired) electrons. The van der Waals surface area contributed by atoms with Crippen LogP contribution in [0.1, 0.15) is 68.3 Å². The van der Waals surface area contributed by atoms with Crippen molar-refractivity contribution >= 4 is 31.7 Å². The highest BCUT2D eigenvalue weighted by Crippen LogP contribution is 2.47. The summed E-state index contributed by atoms with van der Waals surface area (Å²) >= 11 is 0. The number of benzene rings is 2. The second kappa shape index (κ2) is 12.9. The number of halogens is 4. The van der Waals surface area contributed by atoms with Gasteiger partial charge in [-0.2, -0.15) is 0 Å². The number of hydrogen-bond acceptors (Lipinski definition) is 5. The van der Waals surface area contributed by atoms with E-state index >= 15 is 4.39 Å². The molecule has 0 saturated carbocycles. The van der Waals surface area contributed by atoms with E-state index in [1.54, 1.807) is 0 Å². The van der Waals surface area contributed by atoms with Gasteiger partial charge in [-0.3, -0.25) is 9.78 Å². The van der Waals surface area contributed by atoms with E-state index in [4.69, 9.17) is 9.41 Å². The van der Waals surface area contributed by atoms with Crippen LogP contribution in [0, 0.1) is 29.2 Å². The molecule has 2 aromatic carbocycles. The van der Waals surface area contributed by atoms with Crippen LogP contribution in [0.5, 0.6) is 0 Å². The molecule has 47 heavy (non-hydrogen) atoms. The Labute approximate surface area is 272 Å². The largest absolute Gasteiger partial charge is 0.465 e. The van der Waals surface area contributed by atoms with Crippen molar-refractivity contribution in [3.05, 3.63) is 76.6 Å². The molecule has 2 heterocycles. The summed E-state index contributed by atoms with van der Waals surface area (Å²) in [6, 6.07) is 4.14. The minimum absolute atomic E-state index is 0.0474. The number of piperidine rings is 1. The fourth-order valence-corrected chi connectivity index (χ4v) is 7.58. The number of nitrogens with one attached hydrogen (secondary N) is 2. The number of hydrogen-bond donors (Lipinski definition) is 3. The molecule has 0 spiro atoms. The number of nitrogens with zero attached hydrogens (tertiary/aromatic N) is 2. The predicted molar refractivity (Wildman–Crippen MR) is 174 cm³/mol. The van der Waals surface area contributed by atoms with Gasteiger partial charge in [-0.1, -0.05) is 33.8 Å². The third kappa shape index (κ3) is 6.87. The normalized spacial score (nSPS) is 19.8. The summed E-state index contributed by atoms with van der Waals surface area (Å²) in [5.41, 5.74) is -0.0872. The summed E-state index contributed by atoms with van der Waals surface area (Å²) in [4.78, 5) is 31.9. The van der Waals surface area contributed by atoms with Gasteiger partial charge in [-0.05, 0) is 67.6 Å². The Hall–Kier alpha value is -3.97. The van der Waals surface area contributed by atoms with E-state index in [9.17, 15) is 27.9 Å². The zero-order chi connectivity index (χ0) is 34.4. The van der Waals surface area contributed by atoms with Crippen molar-refractivity contribution < 1.29 is 36.7 Å². The van der Waals surface area contributed by atoms with Gasteiger partial charge in [0.25, 0.3) is 5.91 Å². The zero-order valence-electron chi connectivity index (χ0n) is 27.3. The van der Waals surface area contributed by atoms with Crippen molar-refractivity contribution in [3.8, 4) is 11.1 Å². The van der Waals surface area contributed by atoms with E-state index in [0.29, 0.717) is 38.0 Å². The van der Waals surface area contributed by atoms with Crippen molar-refractivity contribution in [2.75, 3.05) is 23.3 Å². The number of aromatic nitrogens is 1. The number of rotatable bonds is 7. The SMILES string of the molecule is C[C@@H]1C[C@H](NC(=O)O)CN(c2c(NC(=O)c3ccc(F)c(-c4c(F)cccc4F)c3F)cnc3c2CC[C@H]3O[Si](C)(C)C(C)(C)C)C1. The van der Waals surface area contributed by atoms with Crippen LogP contribution in [0.4, 0.5) is 33.7 Å². The summed E-state index contributed by atoms with van der Waals surface area (Å²) in [6.07, 6.45) is 1.89. The Balaban J connectivity index is 1.57. The van der Waals surface area contributed by atoms with Crippen LogP contribution in [0.2, 0.25) is 18.1 Å². The van der Waals surface area contributed by atoms with Gasteiger partial charge in [0.05, 0.1) is 46.1 Å². The van der Waals surface area contributed by atoms with Crippen LogP contribution < -0.4 is 15.5 Å². The zero-order valence-corrected chi connectivity index (χ0v) is 28.3. The number of pyridine rings is 1. The van der Waals surface area contributed by atoms with Gasteiger partial charge >= 0.3 is 6.09 Å². The summed E-state index contributed by atoms with van der Waals surface area (Å²) in [5.74, 6) is -5.88. The lowest BCUT2D eigenvalue weighted by molar-refractivity contribution is 0.102. The van der Waals surface area contributed by atoms with Crippen LogP contribution in [-0.4, -0.2) is 49.5 Å². The first-order chi connectivity index (χ1) is 22.0. The second-order valence-corrected chi connectivity index (χ2v) is 18.8. The third-order valence-corrected chi connectivity index (χ3v) is 14.0. The Kier molecular flexibility index (Phi) is 9.44. The maximum atomic E-state index is 15.8. The topological polar surface area (TPSA) is 104 Å². The number of carbonyl (C=O) groups is 2. The van der Waals surface area contributed by atoms with Crippen molar-refractivity contribution in [2.45, 2.75) is 77.2 Å². The van der Waals surface area contributed by atoms with Crippen LogP contribution in [0.3, 0.4) is 0 Å². The third-order valence-electron chi connectivity index (χ3n) is 9.49. The van der Waals surface area contributed by atoms with Crippen LogP contribution in [-0.2, 0) is 10.8 Å². The number of anilines is 2. The molecule has 0 unspecified atom stereocenters. The van der Waals surface area contributed by atoms with Crippen molar-refractivity contribution in [1.82, 2.24) is 10.3 Å². The van der Waals surface area contributed by atoms with Crippen LogP contribution >= 0.6 is 0 Å². The molecular formula is C34H40F4N4O4Si. The molecule has 3 aromatic rings. The monoisotopic (exact) mass is 672 g/mol. The molecule has 8 nitrogen and oxygen atoms in total. The fraction of sp³-hybridized carbons (Fsp3) is 0.441. The first kappa shape index (κ1) is 34.4. The highest BCUT2D eigenvalue weighted by atomic mass is 28.4. The average molecular weight is 673 g/mol. The van der Waals surface area contributed by atoms with Crippen LogP contribution in [0.15, 0.2) is 36.5 Å². The highest BCUT2D eigenvalue weighted by molar-refractivity contribution is 6.74. The van der Waals surface area contributed by atoms with Crippen LogP contribution in [0.25, 0.3) is 11.1 Å². The first-order valence-electron chi connectivity index (χ1n) is 15.7. The quantitative estimate of drug-likeness (QED) is 0.173. The summed E-state index contributed by atoms with van der Waals surface area (Å²) < 4.78 is 66.5. The molecule has 1 aromatic heterocycles. The summed E-state index contributed by atoms with van der Waals surface area (Å²) in [5, 5.41) is 14.7. The van der Waals surface area contributed by atoms with Gasteiger partial charge in [-0.25, -0.2) is 22.4 Å². The standard InChI is InChI=1S/C34H40F4N4O4Si/c1-18-14-19(40-33(44)45)17-42(16-18)31-21-11-13-26(46-47(5,6)34(2,3)4)30(21)39-15-25(31)41-32(43)20-10-12-24(37)28(29(20)38)27-22(35)8-7-9-23(27)36/h7-10,12,15,18-19,26,40H,11,13-14,16-17H2,1-6H3,(H,41,43)(H,44,45)/t18-,19+,26-/m1/s1. The molecule has 0 bridgehead atoms. The molecule has 5 rings (SSSR count). The van der Waals surface area contributed by atoms with E-state index in [1.807, 2.05) is 11.8 Å². The molecule has 3 atom stereocenters. The Morgan fingerprint density at radius 3 is 2.32 bits per heavy atom. The molecule has 2 aliphatic rings. The lowest BCUT2D eigenvalue weighted by Gasteiger charge is -2.40. The summed E-state index contributed by atoms with van der Waals surface area (Å²) in [6.45, 7) is 13.6. The van der Waals surface area contributed by atoms with Gasteiger partial charge in [0.1, 0.15) is 23.3 Å². The number of carbonyl (C=O) groups excluding carboxylic acids is 1. The molecule has 252 valence electrons. The summed E-state index contributed by atoms with van der Waals surface area (Å²) in [7, 11) is -2.20. The van der Waals surface area contributed by atoms with E-state index in [0.717, 1.165) is 41.6 Å². The van der Waals surface area contributed by atoms with Gasteiger partial charge in [-0.15, -0.1) is 0 Å². The predicted octanol–water partition coefficient (Wildman–Crippen LogP) is 8.05. The molecule has 1 fully saturated rings. The molecule has 1 aliphatic heterocycles. The van der Waals surface area contributed by atoms with Crippen molar-refractivity contribution in [1.29, 1.82) is 0 Å². The Morgan fingerprint density at radius 1 is 1.02 bits per heavy atom. The Bertz CT molecular complexity index is 1690. The van der Waals surface area contributed by atoms with Gasteiger partial charge in [0.2, 0.25) is 0 Å². The second-order valence-electron chi connectivity index (χ2n) is 14.0. The van der Waals surface area contributed by atoms with E-state index in [2.05, 4.69) is 44.5 Å². The smallest absolute Gasteiger partial charge is 0.404 e. The molecule has 1 saturated heterocycles. The molecule has 3 N–H and O–H groups in total.